The average Bonchev–Trinajstić information content (AvgIpc) is 3.17. The molecule has 0 unspecified atom stereocenters. The van der Waals surface area contributed by atoms with Crippen molar-refractivity contribution in [1.29, 1.82) is 0 Å². The minimum atomic E-state index is -1.66. The topological polar surface area (TPSA) is 86.6 Å². The van der Waals surface area contributed by atoms with E-state index in [4.69, 9.17) is 19.0 Å². The number of esters is 1. The van der Waals surface area contributed by atoms with E-state index in [9.17, 15) is 9.90 Å². The van der Waals surface area contributed by atoms with Crippen LogP contribution < -0.4 is 0 Å². The van der Waals surface area contributed by atoms with Crippen molar-refractivity contribution in [3.8, 4) is 0 Å². The second-order valence-electron chi connectivity index (χ2n) is 7.77. The number of aliphatic hydroxyl groups excluding tert-OH is 1. The third-order valence-electron chi connectivity index (χ3n) is 5.11. The molecule has 1 saturated heterocycles. The van der Waals surface area contributed by atoms with Crippen molar-refractivity contribution >= 4 is 11.7 Å². The first kappa shape index (κ1) is 19.8. The van der Waals surface area contributed by atoms with Crippen molar-refractivity contribution in [2.75, 3.05) is 13.7 Å². The molecule has 3 atom stereocenters. The van der Waals surface area contributed by atoms with Crippen LogP contribution in [0.3, 0.4) is 0 Å². The first-order chi connectivity index (χ1) is 12.6. The van der Waals surface area contributed by atoms with Crippen LogP contribution in [0.25, 0.3) is 0 Å². The number of oxime groups is 1. The quantitative estimate of drug-likeness (QED) is 0.809. The van der Waals surface area contributed by atoms with Gasteiger partial charge in [0.25, 0.3) is 5.60 Å². The smallest absolute Gasteiger partial charge is 0.356 e. The molecule has 27 heavy (non-hydrogen) atoms. The van der Waals surface area contributed by atoms with Gasteiger partial charge in [-0.05, 0) is 45.7 Å². The third-order valence-corrected chi connectivity index (χ3v) is 5.11. The molecule has 0 amide bonds. The molecule has 7 nitrogen and oxygen atoms in total. The van der Waals surface area contributed by atoms with Crippen molar-refractivity contribution < 1.29 is 28.9 Å². The molecule has 7 heteroatoms. The highest BCUT2D eigenvalue weighted by Gasteiger charge is 2.58. The maximum atomic E-state index is 12.6. The van der Waals surface area contributed by atoms with E-state index in [-0.39, 0.29) is 13.0 Å². The first-order valence-corrected chi connectivity index (χ1v) is 9.01. The number of rotatable bonds is 4. The van der Waals surface area contributed by atoms with Gasteiger partial charge >= 0.3 is 5.97 Å². The van der Waals surface area contributed by atoms with E-state index < -0.39 is 29.6 Å². The predicted octanol–water partition coefficient (Wildman–Crippen LogP) is 2.16. The molecule has 1 N–H and O–H groups in total. The summed E-state index contributed by atoms with van der Waals surface area (Å²) in [5.41, 5.74) is 3.07. The molecule has 1 fully saturated rings. The number of carbonyl (C=O) groups excluding carboxylic acids is 1. The molecule has 3 rings (SSSR count). The monoisotopic (exact) mass is 377 g/mol. The lowest BCUT2D eigenvalue weighted by atomic mass is 9.84. The number of hydrogen-bond donors (Lipinski definition) is 1. The van der Waals surface area contributed by atoms with Crippen LogP contribution in [-0.2, 0) is 23.8 Å². The van der Waals surface area contributed by atoms with E-state index in [2.05, 4.69) is 17.3 Å². The lowest BCUT2D eigenvalue weighted by molar-refractivity contribution is -0.203. The summed E-state index contributed by atoms with van der Waals surface area (Å²) in [5.74, 6) is -1.53. The minimum absolute atomic E-state index is 0.0892. The second kappa shape index (κ2) is 6.89. The molecular weight excluding hydrogens is 350 g/mol. The lowest BCUT2D eigenvalue weighted by Crippen LogP contribution is -2.56. The molecule has 0 radical (unpaired) electrons. The Morgan fingerprint density at radius 2 is 1.93 bits per heavy atom. The largest absolute Gasteiger partial charge is 0.466 e. The van der Waals surface area contributed by atoms with E-state index in [1.807, 2.05) is 20.8 Å². The number of benzene rings is 1. The summed E-state index contributed by atoms with van der Waals surface area (Å²) in [7, 11) is 1.26. The second-order valence-corrected chi connectivity index (χ2v) is 7.77. The molecule has 1 aromatic carbocycles. The molecule has 2 heterocycles. The number of methoxy groups -OCH3 is 1. The van der Waals surface area contributed by atoms with E-state index in [0.29, 0.717) is 5.71 Å². The van der Waals surface area contributed by atoms with E-state index in [0.717, 1.165) is 22.3 Å². The molecule has 2 aliphatic rings. The van der Waals surface area contributed by atoms with Gasteiger partial charge in [0.15, 0.2) is 5.79 Å². The van der Waals surface area contributed by atoms with Gasteiger partial charge in [0.1, 0.15) is 12.2 Å². The van der Waals surface area contributed by atoms with Crippen LogP contribution in [0.1, 0.15) is 42.5 Å². The van der Waals surface area contributed by atoms with Crippen molar-refractivity contribution in [3.63, 3.8) is 0 Å². The van der Waals surface area contributed by atoms with Gasteiger partial charge in [-0.3, -0.25) is 0 Å². The Balaban J connectivity index is 1.92. The molecule has 0 bridgehead atoms. The first-order valence-electron chi connectivity index (χ1n) is 9.01. The molecule has 148 valence electrons. The fourth-order valence-corrected chi connectivity index (χ4v) is 3.95. The van der Waals surface area contributed by atoms with Gasteiger partial charge in [0, 0.05) is 5.56 Å². The Morgan fingerprint density at radius 3 is 2.44 bits per heavy atom. The van der Waals surface area contributed by atoms with E-state index in [1.165, 1.54) is 7.11 Å². The fourth-order valence-electron chi connectivity index (χ4n) is 3.95. The summed E-state index contributed by atoms with van der Waals surface area (Å²) in [6.07, 6.45) is -1.93. The summed E-state index contributed by atoms with van der Waals surface area (Å²) >= 11 is 0. The van der Waals surface area contributed by atoms with Crippen LogP contribution in [0.2, 0.25) is 0 Å². The Morgan fingerprint density at radius 1 is 1.30 bits per heavy atom. The highest BCUT2D eigenvalue weighted by molar-refractivity contribution is 6.07. The molecule has 1 aromatic rings. The van der Waals surface area contributed by atoms with Crippen molar-refractivity contribution in [1.82, 2.24) is 0 Å². The zero-order valence-electron chi connectivity index (χ0n) is 16.7. The standard InChI is InChI=1S/C20H27NO6/c1-11-7-12(2)16(13(3)8-11)14-9-20(27-21-14,18(23)24-6)17(22)15-10-25-19(4,5)26-15/h7-8,15,17,22H,9-10H2,1-6H3/t15-,17+,20-/m1/s1. The number of ether oxygens (including phenoxy) is 3. The van der Waals surface area contributed by atoms with Crippen LogP contribution in [-0.4, -0.2) is 54.1 Å². The number of carbonyl (C=O) groups is 1. The summed E-state index contributed by atoms with van der Waals surface area (Å²) in [4.78, 5) is 18.2. The molecule has 0 saturated carbocycles. The van der Waals surface area contributed by atoms with Gasteiger partial charge in [0.05, 0.1) is 25.8 Å². The number of aliphatic hydroxyl groups is 1. The zero-order valence-corrected chi connectivity index (χ0v) is 16.7. The Labute approximate surface area is 159 Å². The predicted molar refractivity (Wildman–Crippen MR) is 98.5 cm³/mol. The van der Waals surface area contributed by atoms with Gasteiger partial charge in [0.2, 0.25) is 0 Å². The zero-order chi connectivity index (χ0) is 20.0. The Hall–Kier alpha value is -1.96. The number of aryl methyl sites for hydroxylation is 3. The summed E-state index contributed by atoms with van der Waals surface area (Å²) in [6, 6.07) is 4.10. The van der Waals surface area contributed by atoms with E-state index in [1.54, 1.807) is 13.8 Å². The third kappa shape index (κ3) is 3.47. The maximum Gasteiger partial charge on any atom is 0.356 e. The minimum Gasteiger partial charge on any atom is -0.466 e. The molecule has 2 aliphatic heterocycles. The van der Waals surface area contributed by atoms with Crippen LogP contribution >= 0.6 is 0 Å². The fraction of sp³-hybridized carbons (Fsp3) is 0.600. The molecule has 0 spiro atoms. The Bertz CT molecular complexity index is 764. The van der Waals surface area contributed by atoms with Crippen LogP contribution in [0.4, 0.5) is 0 Å². The summed E-state index contributed by atoms with van der Waals surface area (Å²) in [5, 5.41) is 15.1. The van der Waals surface area contributed by atoms with Crippen LogP contribution in [0.15, 0.2) is 17.3 Å². The maximum absolute atomic E-state index is 12.6. The molecule has 0 aliphatic carbocycles. The van der Waals surface area contributed by atoms with Gasteiger partial charge in [-0.2, -0.15) is 0 Å². The SMILES string of the molecule is COC(=O)[C@]1([C@@H](O)[C@H]2COC(C)(C)O2)CC(c2c(C)cc(C)cc2C)=NO1. The number of nitrogens with zero attached hydrogens (tertiary/aromatic N) is 1. The van der Waals surface area contributed by atoms with Crippen molar-refractivity contribution in [2.45, 2.75) is 64.6 Å². The average molecular weight is 377 g/mol. The van der Waals surface area contributed by atoms with Crippen molar-refractivity contribution in [3.05, 3.63) is 34.4 Å². The highest BCUT2D eigenvalue weighted by atomic mass is 16.8. The highest BCUT2D eigenvalue weighted by Crippen LogP contribution is 2.37. The van der Waals surface area contributed by atoms with Crippen LogP contribution in [0.5, 0.6) is 0 Å². The molecular formula is C20H27NO6. The lowest BCUT2D eigenvalue weighted by Gasteiger charge is -2.32. The van der Waals surface area contributed by atoms with Crippen molar-refractivity contribution in [2.24, 2.45) is 5.16 Å². The van der Waals surface area contributed by atoms with Gasteiger partial charge < -0.3 is 24.2 Å². The number of hydrogen-bond acceptors (Lipinski definition) is 7. The van der Waals surface area contributed by atoms with Gasteiger partial charge in [-0.15, -0.1) is 0 Å². The van der Waals surface area contributed by atoms with E-state index >= 15 is 0 Å². The van der Waals surface area contributed by atoms with Crippen LogP contribution in [0, 0.1) is 20.8 Å². The molecule has 0 aromatic heterocycles. The van der Waals surface area contributed by atoms with Gasteiger partial charge in [-0.1, -0.05) is 22.9 Å². The van der Waals surface area contributed by atoms with Gasteiger partial charge in [-0.25, -0.2) is 4.79 Å². The summed E-state index contributed by atoms with van der Waals surface area (Å²) in [6.45, 7) is 9.65. The summed E-state index contributed by atoms with van der Waals surface area (Å²) < 4.78 is 16.2. The Kier molecular flexibility index (Phi) is 5.05. The normalized spacial score (nSPS) is 27.8.